The van der Waals surface area contributed by atoms with Gasteiger partial charge in [0.2, 0.25) is 5.77 Å². The number of rotatable bonds is 8. The number of hydrogen-bond acceptors (Lipinski definition) is 4. The van der Waals surface area contributed by atoms with Crippen molar-refractivity contribution in [3.05, 3.63) is 157 Å². The first-order valence-corrected chi connectivity index (χ1v) is 22.5. The minimum atomic E-state index is -6.13. The predicted molar refractivity (Wildman–Crippen MR) is 207 cm³/mol. The third-order valence-corrected chi connectivity index (χ3v) is 15.8. The second-order valence-corrected chi connectivity index (χ2v) is 21.4. The molecule has 0 spiro atoms. The Kier molecular flexibility index (Phi) is 15.9. The number of thiophene rings is 2. The first kappa shape index (κ1) is 57.6. The van der Waals surface area contributed by atoms with E-state index in [4.69, 9.17) is 0 Å². The predicted octanol–water partition coefficient (Wildman–Crippen LogP) is 10.8. The Morgan fingerprint density at radius 3 is 0.625 bits per heavy atom. The van der Waals surface area contributed by atoms with Crippen LogP contribution in [0.25, 0.3) is 0 Å². The van der Waals surface area contributed by atoms with E-state index in [0.29, 0.717) is 0 Å². The third kappa shape index (κ3) is 13.3. The zero-order valence-electron chi connectivity index (χ0n) is 34.1. The normalized spacial score (nSPS) is 13.4. The summed E-state index contributed by atoms with van der Waals surface area (Å²) in [5.74, 6) is 0. The molecule has 72 heavy (non-hydrogen) atoms. The van der Waals surface area contributed by atoms with Crippen LogP contribution in [0.5, 0.6) is 0 Å². The van der Waals surface area contributed by atoms with Crippen molar-refractivity contribution in [1.29, 1.82) is 0 Å². The van der Waals surface area contributed by atoms with Gasteiger partial charge < -0.3 is 0 Å². The Morgan fingerprint density at radius 1 is 0.306 bits per heavy atom. The van der Waals surface area contributed by atoms with E-state index in [0.717, 1.165) is 22.3 Å². The topological polar surface area (TPSA) is 34.1 Å². The Labute approximate surface area is 404 Å². The number of hydrogen-bond donors (Lipinski definition) is 0. The lowest BCUT2D eigenvalue weighted by atomic mass is 9.12. The third-order valence-electron chi connectivity index (χ3n) is 10.0. The van der Waals surface area contributed by atoms with Gasteiger partial charge in [0.25, 0.3) is 0 Å². The first-order chi connectivity index (χ1) is 32.6. The average molecular weight is 1210 g/mol. The van der Waals surface area contributed by atoms with Gasteiger partial charge in [-0.2, -0.15) is 127 Å². The fraction of sp³-hybridized carbons (Fsp3) is 0.190. The second kappa shape index (κ2) is 19.9. The van der Waals surface area contributed by atoms with E-state index in [1.165, 1.54) is 5.77 Å². The summed E-state index contributed by atoms with van der Waals surface area (Å²) in [4.78, 5) is 22.6. The molecule has 0 aliphatic carbocycles. The van der Waals surface area contributed by atoms with Crippen LogP contribution in [-0.2, 0) is 49.4 Å². The van der Waals surface area contributed by atoms with Crippen molar-refractivity contribution in [2.75, 3.05) is 0 Å². The lowest BCUT2D eigenvalue weighted by molar-refractivity contribution is -0.585. The molecular weight excluding hydrogens is 1190 g/mol. The molecule has 2 aromatic heterocycles. The molecule has 0 amide bonds. The number of carbonyl (C=O) groups is 2. The van der Waals surface area contributed by atoms with E-state index in [2.05, 4.69) is 0 Å². The molecule has 6 rings (SSSR count). The number of halogens is 25. The van der Waals surface area contributed by atoms with Crippen LogP contribution in [0.3, 0.4) is 0 Å². The SMILES string of the molecule is FC(F)(F)c1cc([B-](c2cc(C(F)(F)F)cc(C(F)(F)F)c2)(c2cc(C(F)(F)F)cc(C(F)(F)F)c2)c2cc(C(F)(F)F)cc(C(F)(F)F)c2)cc(C(F)(F)F)c1.O=Cc1ccc([I+]c2ccc(C=O)s2)s1. The molecule has 0 aliphatic heterocycles. The van der Waals surface area contributed by atoms with Crippen molar-refractivity contribution in [2.45, 2.75) is 49.4 Å². The van der Waals surface area contributed by atoms with Gasteiger partial charge in [0.15, 0.2) is 12.6 Å². The Bertz CT molecular complexity index is 2470. The highest BCUT2D eigenvalue weighted by atomic mass is 127. The Balaban J connectivity index is 0.000000542. The molecule has 0 aliphatic rings. The maximum Gasteiger partial charge on any atom is 0.416 e. The fourth-order valence-electron chi connectivity index (χ4n) is 7.05. The number of alkyl halides is 24. The monoisotopic (exact) mass is 1210 g/mol. The van der Waals surface area contributed by atoms with Crippen molar-refractivity contribution in [3.8, 4) is 0 Å². The van der Waals surface area contributed by atoms with Gasteiger partial charge in [-0.05, 0) is 36.4 Å². The highest BCUT2D eigenvalue weighted by Crippen LogP contribution is 2.41. The number of carbonyl (C=O) groups excluding carboxylic acids is 2. The van der Waals surface area contributed by atoms with E-state index in [1.54, 1.807) is 22.7 Å². The van der Waals surface area contributed by atoms with Gasteiger partial charge in [0, 0.05) is 12.1 Å². The molecule has 0 unspecified atom stereocenters. The van der Waals surface area contributed by atoms with Gasteiger partial charge in [-0.1, -0.05) is 71.2 Å². The summed E-state index contributed by atoms with van der Waals surface area (Å²) in [6, 6.07) is -1.11. The minimum Gasteiger partial charge on any atom is -0.297 e. The average Bonchev–Trinajstić information content (AvgIpc) is 3.91. The van der Waals surface area contributed by atoms with Gasteiger partial charge >= 0.3 is 70.6 Å². The van der Waals surface area contributed by atoms with Crippen LogP contribution in [-0.4, -0.2) is 18.7 Å². The van der Waals surface area contributed by atoms with Crippen LogP contribution >= 0.6 is 22.7 Å². The highest BCUT2D eigenvalue weighted by Gasteiger charge is 2.47. The summed E-state index contributed by atoms with van der Waals surface area (Å²) in [7, 11) is 0. The lowest BCUT2D eigenvalue weighted by Gasteiger charge is -2.46. The number of aldehydes is 2. The van der Waals surface area contributed by atoms with Crippen molar-refractivity contribution < 1.29 is 136 Å². The van der Waals surface area contributed by atoms with Gasteiger partial charge in [0.05, 0.1) is 54.3 Å². The maximum absolute atomic E-state index is 14.2. The first-order valence-electron chi connectivity index (χ1n) is 18.7. The van der Waals surface area contributed by atoms with E-state index >= 15 is 0 Å². The molecule has 0 fully saturated rings. The van der Waals surface area contributed by atoms with Crippen molar-refractivity contribution in [2.24, 2.45) is 0 Å². The van der Waals surface area contributed by atoms with E-state index in [-0.39, 0.29) is 21.2 Å². The molecule has 0 N–H and O–H groups in total. The fourth-order valence-corrected chi connectivity index (χ4v) is 13.1. The summed E-state index contributed by atoms with van der Waals surface area (Å²) in [6.45, 7) is 0. The van der Waals surface area contributed by atoms with E-state index in [9.17, 15) is 115 Å². The summed E-state index contributed by atoms with van der Waals surface area (Å²) in [6.07, 6.45) is -53.0. The Hall–Kier alpha value is -5.27. The van der Waals surface area contributed by atoms with Crippen LogP contribution in [0.2, 0.25) is 0 Å². The molecule has 0 bridgehead atoms. The molecule has 4 aromatic carbocycles. The van der Waals surface area contributed by atoms with Crippen LogP contribution in [0, 0.1) is 5.77 Å². The lowest BCUT2D eigenvalue weighted by Crippen LogP contribution is -3.61. The molecule has 0 saturated heterocycles. The molecule has 0 radical (unpaired) electrons. The summed E-state index contributed by atoms with van der Waals surface area (Å²) in [5, 5.41) is 0. The molecule has 30 heteroatoms. The standard InChI is InChI=1S/C32H12BF24.C10H6IO2S2/c34-25(35,36)13-1-14(26(37,38)39)6-21(5-13)33(22-7-15(27(40,41)42)2-16(8-22)28(43,44)45,23-9-17(29(46,47)48)3-18(10-23)30(49,50)51)24-11-19(31(52,53)54)4-20(12-24)32(55,56)57;12-5-7-1-3-9(14-7)11-10-4-2-8(6-13)15-10/h1-12H;1-6H/q-1;+1. The highest BCUT2D eigenvalue weighted by molar-refractivity contribution is 7.20. The molecule has 2 heterocycles. The van der Waals surface area contributed by atoms with Crippen LogP contribution in [0.15, 0.2) is 97.1 Å². The van der Waals surface area contributed by atoms with Gasteiger partial charge in [0.1, 0.15) is 6.15 Å². The van der Waals surface area contributed by atoms with E-state index < -0.39 is 195 Å². The molecular formula is C42H18BF24IO2S2. The van der Waals surface area contributed by atoms with E-state index in [1.807, 2.05) is 24.3 Å². The maximum atomic E-state index is 14.2. The van der Waals surface area contributed by atoms with Gasteiger partial charge in [-0.25, -0.2) is 0 Å². The molecule has 0 atom stereocenters. The minimum absolute atomic E-state index is 0.223. The number of benzene rings is 4. The van der Waals surface area contributed by atoms with Crippen molar-refractivity contribution >= 4 is 63.2 Å². The van der Waals surface area contributed by atoms with Crippen LogP contribution in [0.1, 0.15) is 63.9 Å². The second-order valence-electron chi connectivity index (χ2n) is 14.8. The molecule has 6 aromatic rings. The Morgan fingerprint density at radius 2 is 0.486 bits per heavy atom. The quantitative estimate of drug-likeness (QED) is 0.0659. The largest absolute Gasteiger partial charge is 0.416 e. The summed E-state index contributed by atoms with van der Waals surface area (Å²) >= 11 is 2.86. The van der Waals surface area contributed by atoms with Gasteiger partial charge in [-0.3, -0.25) is 9.59 Å². The van der Waals surface area contributed by atoms with Crippen molar-refractivity contribution in [3.63, 3.8) is 0 Å². The van der Waals surface area contributed by atoms with Crippen molar-refractivity contribution in [1.82, 2.24) is 0 Å². The van der Waals surface area contributed by atoms with Gasteiger partial charge in [-0.15, -0.1) is 0 Å². The summed E-state index contributed by atoms with van der Waals surface area (Å²) in [5.41, 5.74) is -30.2. The molecule has 388 valence electrons. The zero-order chi connectivity index (χ0) is 54.6. The molecule has 0 saturated carbocycles. The smallest absolute Gasteiger partial charge is 0.297 e. The van der Waals surface area contributed by atoms with Crippen LogP contribution in [0.4, 0.5) is 105 Å². The summed E-state index contributed by atoms with van der Waals surface area (Å²) < 4.78 is 343. The van der Waals surface area contributed by atoms with Crippen LogP contribution < -0.4 is 43.1 Å². The zero-order valence-corrected chi connectivity index (χ0v) is 37.8. The molecule has 2 nitrogen and oxygen atoms in total.